The van der Waals surface area contributed by atoms with Crippen molar-refractivity contribution < 1.29 is 9.90 Å². The van der Waals surface area contributed by atoms with Gasteiger partial charge in [0.2, 0.25) is 0 Å². The first-order chi connectivity index (χ1) is 14.0. The van der Waals surface area contributed by atoms with Gasteiger partial charge in [-0.05, 0) is 30.7 Å². The lowest BCUT2D eigenvalue weighted by molar-refractivity contribution is 0.102. The second kappa shape index (κ2) is 7.55. The molecule has 9 heteroatoms. The predicted molar refractivity (Wildman–Crippen MR) is 109 cm³/mol. The molecule has 0 unspecified atom stereocenters. The fourth-order valence-corrected chi connectivity index (χ4v) is 2.93. The van der Waals surface area contributed by atoms with E-state index in [9.17, 15) is 9.90 Å². The third kappa shape index (κ3) is 3.98. The van der Waals surface area contributed by atoms with Crippen molar-refractivity contribution >= 4 is 28.6 Å². The third-order valence-electron chi connectivity index (χ3n) is 4.44. The summed E-state index contributed by atoms with van der Waals surface area (Å²) in [6, 6.07) is 8.78. The molecule has 1 atom stereocenters. The molecule has 4 rings (SSSR count). The van der Waals surface area contributed by atoms with E-state index in [0.29, 0.717) is 17.2 Å². The van der Waals surface area contributed by atoms with E-state index >= 15 is 0 Å². The summed E-state index contributed by atoms with van der Waals surface area (Å²) < 4.78 is 1.67. The summed E-state index contributed by atoms with van der Waals surface area (Å²) in [6.07, 6.45) is 6.01. The zero-order valence-electron chi connectivity index (χ0n) is 15.9. The van der Waals surface area contributed by atoms with Crippen molar-refractivity contribution in [2.75, 3.05) is 10.6 Å². The minimum atomic E-state index is -0.348. The maximum absolute atomic E-state index is 12.4. The van der Waals surface area contributed by atoms with Crippen LogP contribution in [0.4, 0.5) is 11.5 Å². The molecule has 0 aliphatic carbocycles. The van der Waals surface area contributed by atoms with Crippen LogP contribution < -0.4 is 10.6 Å². The van der Waals surface area contributed by atoms with Gasteiger partial charge in [0, 0.05) is 18.9 Å². The maximum Gasteiger partial charge on any atom is 0.257 e. The molecule has 4 aromatic rings. The molecule has 1 aromatic carbocycles. The van der Waals surface area contributed by atoms with Crippen LogP contribution in [-0.2, 0) is 7.05 Å². The number of nitrogens with zero attached hydrogens (tertiary/aromatic N) is 5. The minimum absolute atomic E-state index is 0.0595. The summed E-state index contributed by atoms with van der Waals surface area (Å²) in [6.45, 7) is 2.00. The molecule has 3 aromatic heterocycles. The van der Waals surface area contributed by atoms with Gasteiger partial charge in [0.1, 0.15) is 17.1 Å². The highest BCUT2D eigenvalue weighted by atomic mass is 16.3. The number of fused-ring (bicyclic) bond motifs is 1. The molecule has 0 fully saturated rings. The molecule has 0 saturated carbocycles. The largest absolute Gasteiger partial charge is 0.506 e. The van der Waals surface area contributed by atoms with E-state index in [2.05, 4.69) is 30.7 Å². The fourth-order valence-electron chi connectivity index (χ4n) is 2.93. The van der Waals surface area contributed by atoms with E-state index < -0.39 is 0 Å². The van der Waals surface area contributed by atoms with Gasteiger partial charge in [-0.2, -0.15) is 5.10 Å². The quantitative estimate of drug-likeness (QED) is 0.480. The Morgan fingerprint density at radius 2 is 2.03 bits per heavy atom. The van der Waals surface area contributed by atoms with Gasteiger partial charge >= 0.3 is 0 Å². The Hall–Kier alpha value is -4.01. The highest BCUT2D eigenvalue weighted by Gasteiger charge is 2.12. The van der Waals surface area contributed by atoms with E-state index in [1.54, 1.807) is 23.1 Å². The van der Waals surface area contributed by atoms with Gasteiger partial charge in [0.15, 0.2) is 5.65 Å². The first-order valence-corrected chi connectivity index (χ1v) is 8.96. The first-order valence-electron chi connectivity index (χ1n) is 8.96. The Balaban J connectivity index is 1.49. The maximum atomic E-state index is 12.4. The average molecular weight is 389 g/mol. The highest BCUT2D eigenvalue weighted by Crippen LogP contribution is 2.22. The zero-order valence-corrected chi connectivity index (χ0v) is 15.9. The van der Waals surface area contributed by atoms with Gasteiger partial charge in [0.25, 0.3) is 5.91 Å². The third-order valence-corrected chi connectivity index (χ3v) is 4.44. The van der Waals surface area contributed by atoms with Gasteiger partial charge in [0.05, 0.1) is 30.2 Å². The van der Waals surface area contributed by atoms with Crippen molar-refractivity contribution in [3.63, 3.8) is 0 Å². The number of hydrogen-bond acceptors (Lipinski definition) is 7. The van der Waals surface area contributed by atoms with Crippen molar-refractivity contribution in [3.05, 3.63) is 66.2 Å². The molecule has 0 bridgehead atoms. The van der Waals surface area contributed by atoms with Crippen molar-refractivity contribution in [3.8, 4) is 5.75 Å². The molecule has 0 radical (unpaired) electrons. The molecule has 1 amide bonds. The number of benzene rings is 1. The molecular weight excluding hydrogens is 370 g/mol. The van der Waals surface area contributed by atoms with Crippen LogP contribution in [0.1, 0.15) is 28.9 Å². The molecule has 0 spiro atoms. The topological polar surface area (TPSA) is 118 Å². The number of aromatic hydroxyl groups is 1. The van der Waals surface area contributed by atoms with E-state index in [1.165, 1.54) is 18.5 Å². The van der Waals surface area contributed by atoms with Gasteiger partial charge < -0.3 is 15.7 Å². The van der Waals surface area contributed by atoms with Crippen LogP contribution in [0.3, 0.4) is 0 Å². The number of nitrogens with one attached hydrogen (secondary N) is 2. The lowest BCUT2D eigenvalue weighted by Crippen LogP contribution is -2.13. The molecule has 3 N–H and O–H groups in total. The SMILES string of the molecule is C[C@H](Nc1cnc2cnn(C)c2n1)c1cccc(NC(=O)c2cncc(O)c2)c1. The lowest BCUT2D eigenvalue weighted by atomic mass is 10.1. The summed E-state index contributed by atoms with van der Waals surface area (Å²) in [7, 11) is 1.82. The monoisotopic (exact) mass is 389 g/mol. The molecular formula is C20H19N7O2. The Labute approximate surface area is 166 Å². The minimum Gasteiger partial charge on any atom is -0.506 e. The average Bonchev–Trinajstić information content (AvgIpc) is 3.08. The van der Waals surface area contributed by atoms with Gasteiger partial charge in [-0.1, -0.05) is 12.1 Å². The van der Waals surface area contributed by atoms with Crippen molar-refractivity contribution in [2.24, 2.45) is 7.05 Å². The first kappa shape index (κ1) is 18.4. The zero-order chi connectivity index (χ0) is 20.4. The summed E-state index contributed by atoms with van der Waals surface area (Å²) in [5.74, 6) is 0.225. The van der Waals surface area contributed by atoms with E-state index in [-0.39, 0.29) is 23.3 Å². The second-order valence-electron chi connectivity index (χ2n) is 6.61. The number of rotatable bonds is 5. The summed E-state index contributed by atoms with van der Waals surface area (Å²) in [5, 5.41) is 19.8. The van der Waals surface area contributed by atoms with E-state index in [1.807, 2.05) is 32.2 Å². The van der Waals surface area contributed by atoms with Crippen LogP contribution in [-0.4, -0.2) is 35.7 Å². The number of aromatic nitrogens is 5. The van der Waals surface area contributed by atoms with Crippen molar-refractivity contribution in [1.29, 1.82) is 0 Å². The second-order valence-corrected chi connectivity index (χ2v) is 6.61. The molecule has 3 heterocycles. The van der Waals surface area contributed by atoms with Crippen LogP contribution in [0.15, 0.2) is 55.1 Å². The predicted octanol–water partition coefficient (Wildman–Crippen LogP) is 2.89. The van der Waals surface area contributed by atoms with Crippen LogP contribution in [0, 0.1) is 0 Å². The molecule has 0 aliphatic heterocycles. The summed E-state index contributed by atoms with van der Waals surface area (Å²) in [5.41, 5.74) is 3.31. The number of hydrogen-bond donors (Lipinski definition) is 3. The van der Waals surface area contributed by atoms with Crippen molar-refractivity contribution in [1.82, 2.24) is 24.7 Å². The number of aryl methyl sites for hydroxylation is 1. The smallest absolute Gasteiger partial charge is 0.257 e. The number of amides is 1. The summed E-state index contributed by atoms with van der Waals surface area (Å²) in [4.78, 5) is 25.1. The van der Waals surface area contributed by atoms with Crippen molar-refractivity contribution in [2.45, 2.75) is 13.0 Å². The Morgan fingerprint density at radius 1 is 1.17 bits per heavy atom. The van der Waals surface area contributed by atoms with Crippen LogP contribution in [0.25, 0.3) is 11.2 Å². The standard InChI is InChI=1S/C20H19N7O2/c1-12(24-18-11-22-17-10-23-27(2)19(17)26-18)13-4-3-5-15(6-13)25-20(29)14-7-16(28)9-21-8-14/h3-12,28H,1-2H3,(H,24,26)(H,25,29)/t12-/m0/s1. The van der Waals surface area contributed by atoms with Crippen LogP contribution >= 0.6 is 0 Å². The number of pyridine rings is 1. The highest BCUT2D eigenvalue weighted by molar-refractivity contribution is 6.04. The molecule has 0 aliphatic rings. The molecule has 0 saturated heterocycles. The van der Waals surface area contributed by atoms with Crippen LogP contribution in [0.5, 0.6) is 5.75 Å². The normalized spacial score (nSPS) is 11.9. The Kier molecular flexibility index (Phi) is 4.78. The van der Waals surface area contributed by atoms with Gasteiger partial charge in [-0.25, -0.2) is 14.6 Å². The van der Waals surface area contributed by atoms with Gasteiger partial charge in [-0.15, -0.1) is 0 Å². The van der Waals surface area contributed by atoms with E-state index in [4.69, 9.17) is 0 Å². The van der Waals surface area contributed by atoms with Crippen LogP contribution in [0.2, 0.25) is 0 Å². The van der Waals surface area contributed by atoms with E-state index in [0.717, 1.165) is 11.1 Å². The number of carbonyl (C=O) groups excluding carboxylic acids is 1. The molecule has 9 nitrogen and oxygen atoms in total. The Bertz CT molecular complexity index is 1190. The van der Waals surface area contributed by atoms with Gasteiger partial charge in [-0.3, -0.25) is 9.78 Å². The number of anilines is 2. The number of carbonyl (C=O) groups is 1. The molecule has 146 valence electrons. The summed E-state index contributed by atoms with van der Waals surface area (Å²) >= 11 is 0. The Morgan fingerprint density at radius 3 is 2.86 bits per heavy atom. The fraction of sp³-hybridized carbons (Fsp3) is 0.150. The molecule has 29 heavy (non-hydrogen) atoms. The lowest BCUT2D eigenvalue weighted by Gasteiger charge is -2.16.